The summed E-state index contributed by atoms with van der Waals surface area (Å²) in [7, 11) is 0. The number of rotatable bonds is 4. The Morgan fingerprint density at radius 3 is 2.88 bits per heavy atom. The van der Waals surface area contributed by atoms with E-state index >= 15 is 0 Å². The van der Waals surface area contributed by atoms with E-state index in [1.807, 2.05) is 6.92 Å². The average Bonchev–Trinajstić information content (AvgIpc) is 2.29. The second kappa shape index (κ2) is 5.59. The fraction of sp³-hybridized carbons (Fsp3) is 0.200. The van der Waals surface area contributed by atoms with Gasteiger partial charge in [0.25, 0.3) is 11.6 Å². The largest absolute Gasteiger partial charge is 0.282 e. The fourth-order valence-corrected chi connectivity index (χ4v) is 1.08. The molecule has 6 nitrogen and oxygen atoms in total. The van der Waals surface area contributed by atoms with Crippen molar-refractivity contribution in [1.29, 1.82) is 0 Å². The van der Waals surface area contributed by atoms with E-state index in [0.29, 0.717) is 6.42 Å². The van der Waals surface area contributed by atoms with E-state index in [9.17, 15) is 14.9 Å². The molecule has 1 aromatic rings. The van der Waals surface area contributed by atoms with Gasteiger partial charge in [-0.15, -0.1) is 0 Å². The zero-order chi connectivity index (χ0) is 12.0. The van der Waals surface area contributed by atoms with Crippen LogP contribution in [0.25, 0.3) is 0 Å². The van der Waals surface area contributed by atoms with Crippen molar-refractivity contribution in [3.8, 4) is 0 Å². The molecule has 0 bridgehead atoms. The summed E-state index contributed by atoms with van der Waals surface area (Å²) in [6.07, 6.45) is 2.18. The number of amides is 1. The van der Waals surface area contributed by atoms with E-state index < -0.39 is 10.8 Å². The summed E-state index contributed by atoms with van der Waals surface area (Å²) < 4.78 is 0. The molecule has 0 radical (unpaired) electrons. The fourth-order valence-electron chi connectivity index (χ4n) is 1.08. The third-order valence-electron chi connectivity index (χ3n) is 1.79. The van der Waals surface area contributed by atoms with Crippen LogP contribution in [-0.2, 0) is 0 Å². The van der Waals surface area contributed by atoms with E-state index in [1.165, 1.54) is 24.4 Å². The van der Waals surface area contributed by atoms with Crippen molar-refractivity contribution >= 4 is 17.8 Å². The summed E-state index contributed by atoms with van der Waals surface area (Å²) in [6, 6.07) is 5.73. The van der Waals surface area contributed by atoms with E-state index in [-0.39, 0.29) is 11.3 Å². The zero-order valence-electron chi connectivity index (χ0n) is 8.71. The molecule has 6 heteroatoms. The van der Waals surface area contributed by atoms with Gasteiger partial charge in [0.15, 0.2) is 0 Å². The second-order valence-electron chi connectivity index (χ2n) is 2.94. The van der Waals surface area contributed by atoms with Crippen LogP contribution < -0.4 is 5.43 Å². The highest BCUT2D eigenvalue weighted by atomic mass is 16.6. The van der Waals surface area contributed by atoms with Gasteiger partial charge in [0.2, 0.25) is 0 Å². The minimum absolute atomic E-state index is 0.000697. The lowest BCUT2D eigenvalue weighted by Crippen LogP contribution is -2.18. The number of hydrazone groups is 1. The van der Waals surface area contributed by atoms with Gasteiger partial charge in [0, 0.05) is 12.3 Å². The summed E-state index contributed by atoms with van der Waals surface area (Å²) in [5, 5.41) is 14.3. The molecule has 16 heavy (non-hydrogen) atoms. The molecule has 1 N–H and O–H groups in total. The van der Waals surface area contributed by atoms with Crippen LogP contribution in [0.1, 0.15) is 23.7 Å². The van der Waals surface area contributed by atoms with Crippen LogP contribution in [0.15, 0.2) is 29.4 Å². The van der Waals surface area contributed by atoms with Crippen molar-refractivity contribution in [3.05, 3.63) is 39.9 Å². The Balaban J connectivity index is 2.90. The number of hydrogen-bond acceptors (Lipinski definition) is 4. The summed E-state index contributed by atoms with van der Waals surface area (Å²) in [4.78, 5) is 21.6. The number of carbonyl (C=O) groups excluding carboxylic acids is 1. The van der Waals surface area contributed by atoms with Gasteiger partial charge in [-0.2, -0.15) is 5.10 Å². The van der Waals surface area contributed by atoms with Crippen molar-refractivity contribution in [3.63, 3.8) is 0 Å². The molecule has 0 aromatic heterocycles. The van der Waals surface area contributed by atoms with Crippen LogP contribution >= 0.6 is 0 Å². The second-order valence-corrected chi connectivity index (χ2v) is 2.94. The molecule has 0 aliphatic heterocycles. The molecule has 0 unspecified atom stereocenters. The summed E-state index contributed by atoms with van der Waals surface area (Å²) >= 11 is 0. The predicted octanol–water partition coefficient (Wildman–Crippen LogP) is 1.72. The van der Waals surface area contributed by atoms with Crippen molar-refractivity contribution < 1.29 is 9.72 Å². The topological polar surface area (TPSA) is 84.6 Å². The minimum atomic E-state index is -0.599. The van der Waals surface area contributed by atoms with Crippen molar-refractivity contribution in [1.82, 2.24) is 5.43 Å². The third-order valence-corrected chi connectivity index (χ3v) is 1.79. The first-order chi connectivity index (χ1) is 7.66. The first-order valence-corrected chi connectivity index (χ1v) is 4.72. The molecule has 0 saturated carbocycles. The first-order valence-electron chi connectivity index (χ1n) is 4.72. The maximum absolute atomic E-state index is 11.5. The van der Waals surface area contributed by atoms with Crippen LogP contribution in [0.5, 0.6) is 0 Å². The van der Waals surface area contributed by atoms with Gasteiger partial charge in [-0.3, -0.25) is 14.9 Å². The molecule has 0 fully saturated rings. The maximum atomic E-state index is 11.5. The van der Waals surface area contributed by atoms with Gasteiger partial charge in [-0.25, -0.2) is 5.43 Å². The normalized spacial score (nSPS) is 10.3. The molecule has 0 aliphatic carbocycles. The Morgan fingerprint density at radius 2 is 2.25 bits per heavy atom. The van der Waals surface area contributed by atoms with Crippen LogP contribution in [-0.4, -0.2) is 17.0 Å². The molecule has 1 amide bonds. The standard InChI is InChI=1S/C10H11N3O3/c1-2-7-11-12-10(14)8-5-3-4-6-9(8)13(15)16/h3-7H,2H2,1H3,(H,12,14). The quantitative estimate of drug-likeness (QED) is 0.477. The monoisotopic (exact) mass is 221 g/mol. The van der Waals surface area contributed by atoms with Gasteiger partial charge < -0.3 is 0 Å². The molecular formula is C10H11N3O3. The van der Waals surface area contributed by atoms with Crippen molar-refractivity contribution in [2.75, 3.05) is 0 Å². The van der Waals surface area contributed by atoms with E-state index in [1.54, 1.807) is 6.07 Å². The summed E-state index contributed by atoms with van der Waals surface area (Å²) in [5.74, 6) is -0.586. The number of hydrogen-bond donors (Lipinski definition) is 1. The third kappa shape index (κ3) is 2.88. The van der Waals surface area contributed by atoms with E-state index in [4.69, 9.17) is 0 Å². The van der Waals surface area contributed by atoms with E-state index in [0.717, 1.165) is 0 Å². The Bertz CT molecular complexity index is 429. The van der Waals surface area contributed by atoms with Gasteiger partial charge in [0.05, 0.1) is 4.92 Å². The number of nitro benzene ring substituents is 1. The molecule has 1 aromatic carbocycles. The number of nitrogens with zero attached hydrogens (tertiary/aromatic N) is 2. The van der Waals surface area contributed by atoms with Crippen LogP contribution in [0.3, 0.4) is 0 Å². The predicted molar refractivity (Wildman–Crippen MR) is 59.3 cm³/mol. The van der Waals surface area contributed by atoms with Gasteiger partial charge >= 0.3 is 0 Å². The smallest absolute Gasteiger partial charge is 0.267 e. The molecule has 1 rings (SSSR count). The number of para-hydroxylation sites is 1. The van der Waals surface area contributed by atoms with Crippen LogP contribution in [0, 0.1) is 10.1 Å². The first kappa shape index (κ1) is 11.8. The highest BCUT2D eigenvalue weighted by Gasteiger charge is 2.18. The van der Waals surface area contributed by atoms with E-state index in [2.05, 4.69) is 10.5 Å². The lowest BCUT2D eigenvalue weighted by Gasteiger charge is -2.00. The zero-order valence-corrected chi connectivity index (χ0v) is 8.71. The van der Waals surface area contributed by atoms with Gasteiger partial charge in [-0.05, 0) is 12.5 Å². The van der Waals surface area contributed by atoms with Gasteiger partial charge in [-0.1, -0.05) is 19.1 Å². The Morgan fingerprint density at radius 1 is 1.56 bits per heavy atom. The van der Waals surface area contributed by atoms with Crippen molar-refractivity contribution in [2.45, 2.75) is 13.3 Å². The van der Waals surface area contributed by atoms with Crippen LogP contribution in [0.2, 0.25) is 0 Å². The number of benzene rings is 1. The highest BCUT2D eigenvalue weighted by molar-refractivity contribution is 5.98. The Kier molecular flexibility index (Phi) is 4.14. The number of carbonyl (C=O) groups is 1. The SMILES string of the molecule is CCC=NNC(=O)c1ccccc1[N+](=O)[O-]. The lowest BCUT2D eigenvalue weighted by molar-refractivity contribution is -0.385. The Hall–Kier alpha value is -2.24. The lowest BCUT2D eigenvalue weighted by atomic mass is 10.2. The van der Waals surface area contributed by atoms with Crippen LogP contribution in [0.4, 0.5) is 5.69 Å². The summed E-state index contributed by atoms with van der Waals surface area (Å²) in [5.41, 5.74) is 1.99. The summed E-state index contributed by atoms with van der Waals surface area (Å²) in [6.45, 7) is 1.86. The van der Waals surface area contributed by atoms with Crippen molar-refractivity contribution in [2.24, 2.45) is 5.10 Å². The maximum Gasteiger partial charge on any atom is 0.282 e. The number of nitro groups is 1. The molecule has 0 saturated heterocycles. The molecular weight excluding hydrogens is 210 g/mol. The molecule has 0 heterocycles. The Labute approximate surface area is 92.1 Å². The average molecular weight is 221 g/mol. The molecule has 84 valence electrons. The molecule has 0 atom stereocenters. The molecule has 0 aliphatic rings. The highest BCUT2D eigenvalue weighted by Crippen LogP contribution is 2.16. The number of nitrogens with one attached hydrogen (secondary N) is 1. The molecule has 0 spiro atoms. The van der Waals surface area contributed by atoms with Gasteiger partial charge in [0.1, 0.15) is 5.56 Å². The minimum Gasteiger partial charge on any atom is -0.267 e.